The molecule has 0 spiro atoms. The summed E-state index contributed by atoms with van der Waals surface area (Å²) in [4.78, 5) is 12.7. The molecule has 4 aromatic carbocycles. The van der Waals surface area contributed by atoms with E-state index in [1.165, 1.54) is 33.6 Å². The molecule has 0 atom stereocenters. The first-order valence-corrected chi connectivity index (χ1v) is 14.2. The van der Waals surface area contributed by atoms with Crippen molar-refractivity contribution in [1.82, 2.24) is 24.8 Å². The monoisotopic (exact) mass is 564 g/mol. The Morgan fingerprint density at radius 3 is 2.48 bits per heavy atom. The Bertz CT molecular complexity index is 1840. The van der Waals surface area contributed by atoms with Crippen LogP contribution in [0.5, 0.6) is 0 Å². The van der Waals surface area contributed by atoms with Crippen LogP contribution in [0.2, 0.25) is 5.02 Å². The molecular formula is C31H25ClN6OS. The van der Waals surface area contributed by atoms with E-state index in [4.69, 9.17) is 11.6 Å². The van der Waals surface area contributed by atoms with Gasteiger partial charge in [0.05, 0.1) is 12.0 Å². The average molecular weight is 565 g/mol. The molecule has 2 aromatic heterocycles. The second kappa shape index (κ2) is 11.4. The summed E-state index contributed by atoms with van der Waals surface area (Å²) in [7, 11) is 0. The van der Waals surface area contributed by atoms with Gasteiger partial charge < -0.3 is 4.57 Å². The summed E-state index contributed by atoms with van der Waals surface area (Å²) in [6.07, 6.45) is 1.67. The topological polar surface area (TPSA) is 77.1 Å². The number of thioether (sulfide) groups is 1. The molecule has 6 rings (SSSR count). The van der Waals surface area contributed by atoms with E-state index >= 15 is 0 Å². The molecule has 0 aliphatic heterocycles. The van der Waals surface area contributed by atoms with Gasteiger partial charge in [0.2, 0.25) is 0 Å². The van der Waals surface area contributed by atoms with Gasteiger partial charge in [0.15, 0.2) is 11.0 Å². The zero-order valence-electron chi connectivity index (χ0n) is 21.7. The molecule has 2 heterocycles. The molecule has 1 amide bonds. The smallest absolute Gasteiger partial charge is 0.250 e. The fourth-order valence-corrected chi connectivity index (χ4v) is 5.66. The van der Waals surface area contributed by atoms with Crippen LogP contribution in [0.15, 0.2) is 107 Å². The van der Waals surface area contributed by atoms with Crippen LogP contribution in [0.4, 0.5) is 0 Å². The number of aryl methyl sites for hydroxylation is 1. The Morgan fingerprint density at radius 2 is 1.68 bits per heavy atom. The standard InChI is InChI=1S/C31H25ClN6OS/c1-2-37-27-11-7-6-10-25(27)26-18-21(12-17-28(26)37)19-33-34-29(39)20-40-31-36-35-30(22-13-15-23(32)16-14-22)38(31)24-8-4-3-5-9-24/h3-19H,2,20H2,1H3,(H,34,39)/b33-19-. The minimum absolute atomic E-state index is 0.131. The molecule has 0 bridgehead atoms. The number of fused-ring (bicyclic) bond motifs is 3. The Kier molecular flexibility index (Phi) is 7.35. The summed E-state index contributed by atoms with van der Waals surface area (Å²) >= 11 is 7.38. The fourth-order valence-electron chi connectivity index (χ4n) is 4.79. The van der Waals surface area contributed by atoms with E-state index in [1.807, 2.05) is 65.2 Å². The van der Waals surface area contributed by atoms with E-state index in [0.29, 0.717) is 16.0 Å². The van der Waals surface area contributed by atoms with Gasteiger partial charge in [-0.1, -0.05) is 65.8 Å². The largest absolute Gasteiger partial charge is 0.341 e. The summed E-state index contributed by atoms with van der Waals surface area (Å²) in [5.41, 5.74) is 7.72. The van der Waals surface area contributed by atoms with E-state index in [1.54, 1.807) is 6.21 Å². The number of benzene rings is 4. The van der Waals surface area contributed by atoms with Crippen molar-refractivity contribution in [2.75, 3.05) is 5.75 Å². The number of rotatable bonds is 8. The van der Waals surface area contributed by atoms with Crippen LogP contribution in [0, 0.1) is 0 Å². The minimum Gasteiger partial charge on any atom is -0.341 e. The number of amides is 1. The number of hydrogen-bond acceptors (Lipinski definition) is 5. The maximum absolute atomic E-state index is 12.7. The molecule has 0 radical (unpaired) electrons. The Balaban J connectivity index is 1.17. The number of carbonyl (C=O) groups excluding carboxylic acids is 1. The van der Waals surface area contributed by atoms with Gasteiger partial charge in [-0.2, -0.15) is 5.10 Å². The van der Waals surface area contributed by atoms with Crippen molar-refractivity contribution < 1.29 is 4.79 Å². The van der Waals surface area contributed by atoms with Crippen molar-refractivity contribution in [3.63, 3.8) is 0 Å². The lowest BCUT2D eigenvalue weighted by Crippen LogP contribution is -2.20. The van der Waals surface area contributed by atoms with Gasteiger partial charge >= 0.3 is 0 Å². The van der Waals surface area contributed by atoms with Crippen LogP contribution in [0.1, 0.15) is 12.5 Å². The lowest BCUT2D eigenvalue weighted by atomic mass is 10.1. The van der Waals surface area contributed by atoms with Crippen LogP contribution < -0.4 is 5.43 Å². The molecule has 7 nitrogen and oxygen atoms in total. The van der Waals surface area contributed by atoms with Crippen molar-refractivity contribution in [1.29, 1.82) is 0 Å². The SMILES string of the molecule is CCn1c2ccccc2c2cc(/C=N\NC(=O)CSc3nnc(-c4ccc(Cl)cc4)n3-c3ccccc3)ccc21. The molecule has 198 valence electrons. The number of hydrazone groups is 1. The maximum atomic E-state index is 12.7. The third-order valence-electron chi connectivity index (χ3n) is 6.60. The van der Waals surface area contributed by atoms with Gasteiger partial charge in [-0.25, -0.2) is 5.43 Å². The van der Waals surface area contributed by atoms with Crippen molar-refractivity contribution in [3.8, 4) is 17.1 Å². The second-order valence-corrected chi connectivity index (χ2v) is 10.5. The van der Waals surface area contributed by atoms with E-state index in [9.17, 15) is 4.79 Å². The lowest BCUT2D eigenvalue weighted by Gasteiger charge is -2.10. The van der Waals surface area contributed by atoms with Gasteiger partial charge in [0.1, 0.15) is 0 Å². The number of nitrogens with one attached hydrogen (secondary N) is 1. The summed E-state index contributed by atoms with van der Waals surface area (Å²) in [5, 5.41) is 16.6. The first-order chi connectivity index (χ1) is 19.6. The maximum Gasteiger partial charge on any atom is 0.250 e. The van der Waals surface area contributed by atoms with E-state index in [-0.39, 0.29) is 11.7 Å². The number of aromatic nitrogens is 4. The van der Waals surface area contributed by atoms with Crippen molar-refractivity contribution >= 4 is 57.3 Å². The molecule has 0 saturated carbocycles. The second-order valence-electron chi connectivity index (χ2n) is 9.10. The van der Waals surface area contributed by atoms with Crippen LogP contribution in [-0.4, -0.2) is 37.2 Å². The van der Waals surface area contributed by atoms with Gasteiger partial charge in [-0.15, -0.1) is 10.2 Å². The zero-order valence-corrected chi connectivity index (χ0v) is 23.2. The molecule has 9 heteroatoms. The van der Waals surface area contributed by atoms with Gasteiger partial charge in [0, 0.05) is 44.6 Å². The highest BCUT2D eigenvalue weighted by Gasteiger charge is 2.17. The minimum atomic E-state index is -0.236. The molecular weight excluding hydrogens is 540 g/mol. The van der Waals surface area contributed by atoms with Crippen LogP contribution in [0.3, 0.4) is 0 Å². The lowest BCUT2D eigenvalue weighted by molar-refractivity contribution is -0.118. The van der Waals surface area contributed by atoms with E-state index in [2.05, 4.69) is 68.6 Å². The highest BCUT2D eigenvalue weighted by atomic mass is 35.5. The molecule has 40 heavy (non-hydrogen) atoms. The van der Waals surface area contributed by atoms with E-state index in [0.717, 1.165) is 23.4 Å². The van der Waals surface area contributed by atoms with Crippen molar-refractivity contribution in [2.24, 2.45) is 5.10 Å². The van der Waals surface area contributed by atoms with Gasteiger partial charge in [0.25, 0.3) is 5.91 Å². The number of para-hydroxylation sites is 2. The van der Waals surface area contributed by atoms with Crippen LogP contribution >= 0.6 is 23.4 Å². The molecule has 0 aliphatic carbocycles. The number of halogens is 1. The third-order valence-corrected chi connectivity index (χ3v) is 7.78. The molecule has 1 N–H and O–H groups in total. The average Bonchev–Trinajstić information content (AvgIpc) is 3.56. The molecule has 0 aliphatic rings. The highest BCUT2D eigenvalue weighted by Crippen LogP contribution is 2.30. The third kappa shape index (κ3) is 5.11. The van der Waals surface area contributed by atoms with E-state index < -0.39 is 0 Å². The quantitative estimate of drug-likeness (QED) is 0.123. The highest BCUT2D eigenvalue weighted by molar-refractivity contribution is 7.99. The first-order valence-electron chi connectivity index (χ1n) is 12.8. The summed E-state index contributed by atoms with van der Waals surface area (Å²) in [6, 6.07) is 31.9. The molecule has 0 saturated heterocycles. The Hall–Kier alpha value is -4.40. The summed E-state index contributed by atoms with van der Waals surface area (Å²) in [6.45, 7) is 3.04. The number of nitrogens with zero attached hydrogens (tertiary/aromatic N) is 5. The fraction of sp³-hybridized carbons (Fsp3) is 0.0968. The molecule has 6 aromatic rings. The van der Waals surface area contributed by atoms with Crippen LogP contribution in [-0.2, 0) is 11.3 Å². The van der Waals surface area contributed by atoms with Crippen molar-refractivity contribution in [3.05, 3.63) is 108 Å². The Morgan fingerprint density at radius 1 is 0.925 bits per heavy atom. The summed E-state index contributed by atoms with van der Waals surface area (Å²) < 4.78 is 4.24. The predicted octanol–water partition coefficient (Wildman–Crippen LogP) is 6.96. The number of carbonyl (C=O) groups is 1. The number of hydrogen-bond donors (Lipinski definition) is 1. The molecule has 0 unspecified atom stereocenters. The van der Waals surface area contributed by atoms with Gasteiger partial charge in [-0.05, 0) is 67.1 Å². The van der Waals surface area contributed by atoms with Crippen molar-refractivity contribution in [2.45, 2.75) is 18.6 Å². The molecule has 0 fully saturated rings. The first kappa shape index (κ1) is 25.9. The Labute approximate surface area is 240 Å². The van der Waals surface area contributed by atoms with Gasteiger partial charge in [-0.3, -0.25) is 9.36 Å². The zero-order chi connectivity index (χ0) is 27.5. The predicted molar refractivity (Wildman–Crippen MR) is 163 cm³/mol. The summed E-state index contributed by atoms with van der Waals surface area (Å²) in [5.74, 6) is 0.565. The van der Waals surface area contributed by atoms with Crippen LogP contribution in [0.25, 0.3) is 38.9 Å². The normalized spacial score (nSPS) is 11.6.